The van der Waals surface area contributed by atoms with Crippen LogP contribution in [0.3, 0.4) is 0 Å². The molecule has 0 aliphatic rings. The molecule has 0 aliphatic heterocycles. The molecule has 0 aromatic carbocycles. The second-order valence-electron chi connectivity index (χ2n) is 5.24. The van der Waals surface area contributed by atoms with E-state index in [2.05, 4.69) is 42.6 Å². The third kappa shape index (κ3) is 4.06. The van der Waals surface area contributed by atoms with Crippen LogP contribution in [0.5, 0.6) is 0 Å². The molecule has 17 heavy (non-hydrogen) atoms. The van der Waals surface area contributed by atoms with Crippen LogP contribution >= 0.6 is 0 Å². The molecule has 0 spiro atoms. The third-order valence-corrected chi connectivity index (χ3v) is 3.15. The van der Waals surface area contributed by atoms with Crippen molar-refractivity contribution in [3.63, 3.8) is 0 Å². The zero-order valence-corrected chi connectivity index (χ0v) is 11.3. The third-order valence-electron chi connectivity index (χ3n) is 3.15. The fourth-order valence-corrected chi connectivity index (χ4v) is 1.85. The van der Waals surface area contributed by atoms with Crippen molar-refractivity contribution in [2.24, 2.45) is 11.1 Å². The van der Waals surface area contributed by atoms with E-state index in [0.29, 0.717) is 6.54 Å². The highest BCUT2D eigenvalue weighted by Gasteiger charge is 2.23. The summed E-state index contributed by atoms with van der Waals surface area (Å²) < 4.78 is 0. The predicted molar refractivity (Wildman–Crippen MR) is 70.5 cm³/mol. The number of hydrogen-bond donors (Lipinski definition) is 1. The van der Waals surface area contributed by atoms with Gasteiger partial charge in [0.05, 0.1) is 11.7 Å². The summed E-state index contributed by atoms with van der Waals surface area (Å²) in [7, 11) is 0. The van der Waals surface area contributed by atoms with E-state index < -0.39 is 0 Å². The Hall–Kier alpha value is -1.00. The van der Waals surface area contributed by atoms with Crippen LogP contribution in [-0.4, -0.2) is 34.5 Å². The maximum absolute atomic E-state index is 5.79. The Labute approximate surface area is 104 Å². The Morgan fingerprint density at radius 1 is 1.41 bits per heavy atom. The van der Waals surface area contributed by atoms with Crippen LogP contribution in [0.1, 0.15) is 39.4 Å². The fraction of sp³-hybridized carbons (Fsp3) is 0.692. The summed E-state index contributed by atoms with van der Waals surface area (Å²) in [5.41, 5.74) is 6.94. The summed E-state index contributed by atoms with van der Waals surface area (Å²) in [4.78, 5) is 10.9. The molecule has 4 nitrogen and oxygen atoms in total. The molecular formula is C13H24N4. The van der Waals surface area contributed by atoms with Gasteiger partial charge < -0.3 is 5.73 Å². The van der Waals surface area contributed by atoms with Gasteiger partial charge in [-0.2, -0.15) is 0 Å². The van der Waals surface area contributed by atoms with Gasteiger partial charge in [-0.1, -0.05) is 20.8 Å². The fourth-order valence-electron chi connectivity index (χ4n) is 1.85. The minimum Gasteiger partial charge on any atom is -0.330 e. The van der Waals surface area contributed by atoms with Crippen LogP contribution in [-0.2, 0) is 0 Å². The molecule has 96 valence electrons. The molecule has 1 unspecified atom stereocenters. The quantitative estimate of drug-likeness (QED) is 0.819. The van der Waals surface area contributed by atoms with Crippen molar-refractivity contribution in [1.29, 1.82) is 0 Å². The average Bonchev–Trinajstić information content (AvgIpc) is 2.36. The summed E-state index contributed by atoms with van der Waals surface area (Å²) in [5.74, 6) is 0. The van der Waals surface area contributed by atoms with E-state index in [4.69, 9.17) is 5.73 Å². The van der Waals surface area contributed by atoms with Gasteiger partial charge >= 0.3 is 0 Å². The summed E-state index contributed by atoms with van der Waals surface area (Å²) in [6, 6.07) is 0.277. The van der Waals surface area contributed by atoms with Gasteiger partial charge in [0, 0.05) is 25.1 Å². The Morgan fingerprint density at radius 3 is 2.59 bits per heavy atom. The van der Waals surface area contributed by atoms with E-state index in [-0.39, 0.29) is 11.5 Å². The van der Waals surface area contributed by atoms with Crippen molar-refractivity contribution in [1.82, 2.24) is 14.9 Å². The topological polar surface area (TPSA) is 55.0 Å². The lowest BCUT2D eigenvalue weighted by molar-refractivity contribution is 0.145. The first kappa shape index (κ1) is 14.1. The summed E-state index contributed by atoms with van der Waals surface area (Å²) in [5, 5.41) is 0. The lowest BCUT2D eigenvalue weighted by atomic mass is 9.92. The van der Waals surface area contributed by atoms with E-state index in [9.17, 15) is 0 Å². The monoisotopic (exact) mass is 236 g/mol. The van der Waals surface area contributed by atoms with Crippen molar-refractivity contribution >= 4 is 0 Å². The summed E-state index contributed by atoms with van der Waals surface area (Å²) >= 11 is 0. The summed E-state index contributed by atoms with van der Waals surface area (Å²) in [6.07, 6.45) is 5.28. The SMILES string of the molecule is CCN(CC(C)(C)CN)C(C)c1cnccn1. The lowest BCUT2D eigenvalue weighted by Crippen LogP contribution is -2.40. The minimum absolute atomic E-state index is 0.131. The molecule has 1 aromatic rings. The molecule has 0 amide bonds. The Morgan fingerprint density at radius 2 is 2.12 bits per heavy atom. The van der Waals surface area contributed by atoms with Gasteiger partial charge in [-0.05, 0) is 25.4 Å². The highest BCUT2D eigenvalue weighted by Crippen LogP contribution is 2.23. The second-order valence-corrected chi connectivity index (χ2v) is 5.24. The Balaban J connectivity index is 2.74. The molecular weight excluding hydrogens is 212 g/mol. The first-order valence-electron chi connectivity index (χ1n) is 6.20. The molecule has 0 saturated heterocycles. The number of hydrogen-bond acceptors (Lipinski definition) is 4. The van der Waals surface area contributed by atoms with E-state index in [1.807, 2.05) is 6.20 Å². The number of aromatic nitrogens is 2. The average molecular weight is 236 g/mol. The van der Waals surface area contributed by atoms with Crippen molar-refractivity contribution in [2.45, 2.75) is 33.7 Å². The van der Waals surface area contributed by atoms with Gasteiger partial charge in [-0.25, -0.2) is 0 Å². The van der Waals surface area contributed by atoms with Gasteiger partial charge in [-0.3, -0.25) is 14.9 Å². The lowest BCUT2D eigenvalue weighted by Gasteiger charge is -2.34. The van der Waals surface area contributed by atoms with Crippen LogP contribution in [0.15, 0.2) is 18.6 Å². The zero-order valence-electron chi connectivity index (χ0n) is 11.3. The molecule has 0 fully saturated rings. The van der Waals surface area contributed by atoms with Crippen molar-refractivity contribution < 1.29 is 0 Å². The smallest absolute Gasteiger partial charge is 0.0755 e. The highest BCUT2D eigenvalue weighted by molar-refractivity contribution is 5.01. The van der Waals surface area contributed by atoms with Crippen LogP contribution in [0, 0.1) is 5.41 Å². The molecule has 2 N–H and O–H groups in total. The number of nitrogens with two attached hydrogens (primary N) is 1. The van der Waals surface area contributed by atoms with Crippen molar-refractivity contribution in [3.05, 3.63) is 24.3 Å². The molecule has 1 aromatic heterocycles. The maximum Gasteiger partial charge on any atom is 0.0755 e. The first-order valence-corrected chi connectivity index (χ1v) is 6.20. The van der Waals surface area contributed by atoms with Crippen LogP contribution in [0.2, 0.25) is 0 Å². The molecule has 0 bridgehead atoms. The van der Waals surface area contributed by atoms with Gasteiger partial charge in [0.15, 0.2) is 0 Å². The van der Waals surface area contributed by atoms with Crippen molar-refractivity contribution in [3.8, 4) is 0 Å². The second kappa shape index (κ2) is 6.07. The van der Waals surface area contributed by atoms with Gasteiger partial charge in [-0.15, -0.1) is 0 Å². The van der Waals surface area contributed by atoms with Gasteiger partial charge in [0.25, 0.3) is 0 Å². The zero-order chi connectivity index (χ0) is 12.9. The van der Waals surface area contributed by atoms with E-state index in [0.717, 1.165) is 18.8 Å². The van der Waals surface area contributed by atoms with E-state index in [1.165, 1.54) is 0 Å². The van der Waals surface area contributed by atoms with E-state index in [1.54, 1.807) is 12.4 Å². The normalized spacial score (nSPS) is 14.0. The molecule has 1 atom stereocenters. The number of nitrogens with zero attached hydrogens (tertiary/aromatic N) is 3. The summed E-state index contributed by atoms with van der Waals surface area (Å²) in [6.45, 7) is 11.4. The maximum atomic E-state index is 5.79. The molecule has 0 aliphatic carbocycles. The molecule has 0 radical (unpaired) electrons. The van der Waals surface area contributed by atoms with Crippen LogP contribution in [0.25, 0.3) is 0 Å². The Kier molecular flexibility index (Phi) is 5.02. The standard InChI is InChI=1S/C13H24N4/c1-5-17(10-13(3,4)9-14)11(2)12-8-15-6-7-16-12/h6-8,11H,5,9-10,14H2,1-4H3. The number of rotatable bonds is 6. The van der Waals surface area contributed by atoms with Gasteiger partial charge in [0.2, 0.25) is 0 Å². The largest absolute Gasteiger partial charge is 0.330 e. The van der Waals surface area contributed by atoms with Gasteiger partial charge in [0.1, 0.15) is 0 Å². The van der Waals surface area contributed by atoms with Crippen LogP contribution in [0.4, 0.5) is 0 Å². The molecule has 4 heteroatoms. The molecule has 0 saturated carbocycles. The Bertz CT molecular complexity index is 323. The van der Waals surface area contributed by atoms with Crippen LogP contribution < -0.4 is 5.73 Å². The first-order chi connectivity index (χ1) is 8.00. The minimum atomic E-state index is 0.131. The van der Waals surface area contributed by atoms with Crippen molar-refractivity contribution in [2.75, 3.05) is 19.6 Å². The van der Waals surface area contributed by atoms with E-state index >= 15 is 0 Å². The predicted octanol–water partition coefficient (Wildman–Crippen LogP) is 1.84. The molecule has 1 heterocycles. The highest BCUT2D eigenvalue weighted by atomic mass is 15.2. The molecule has 1 rings (SSSR count).